The number of hydrogen-bond donors (Lipinski definition) is 3. The minimum atomic E-state index is 0.563. The van der Waals surface area contributed by atoms with Crippen LogP contribution < -0.4 is 16.0 Å². The molecule has 3 rings (SSSR count). The molecule has 0 amide bonds. The van der Waals surface area contributed by atoms with Gasteiger partial charge in [0, 0.05) is 44.0 Å². The van der Waals surface area contributed by atoms with Crippen molar-refractivity contribution >= 4 is 22.4 Å². The molecule has 2 aromatic heterocycles. The van der Waals surface area contributed by atoms with Crippen LogP contribution in [0.25, 0.3) is 10.9 Å². The summed E-state index contributed by atoms with van der Waals surface area (Å²) < 4.78 is 0. The fraction of sp³-hybridized carbons (Fsp3) is 0.211. The van der Waals surface area contributed by atoms with E-state index in [4.69, 9.17) is 5.26 Å². The van der Waals surface area contributed by atoms with Crippen molar-refractivity contribution in [2.45, 2.75) is 0 Å². The Balaban J connectivity index is 1.38. The van der Waals surface area contributed by atoms with Crippen molar-refractivity contribution in [3.05, 3.63) is 60.4 Å². The first-order chi connectivity index (χ1) is 12.4. The lowest BCUT2D eigenvalue weighted by Crippen LogP contribution is -2.27. The third-order valence-corrected chi connectivity index (χ3v) is 3.77. The van der Waals surface area contributed by atoms with E-state index >= 15 is 0 Å². The minimum Gasteiger partial charge on any atom is -0.382 e. The maximum atomic E-state index is 9.02. The van der Waals surface area contributed by atoms with Gasteiger partial charge in [-0.2, -0.15) is 5.26 Å². The van der Waals surface area contributed by atoms with Crippen LogP contribution >= 0.6 is 0 Å². The lowest BCUT2D eigenvalue weighted by molar-refractivity contribution is 0.718. The highest BCUT2D eigenvalue weighted by molar-refractivity contribution is 5.90. The van der Waals surface area contributed by atoms with E-state index in [1.165, 1.54) is 0 Å². The first kappa shape index (κ1) is 16.7. The van der Waals surface area contributed by atoms with Gasteiger partial charge in [-0.15, -0.1) is 0 Å². The molecule has 0 saturated carbocycles. The van der Waals surface area contributed by atoms with Crippen LogP contribution in [0.2, 0.25) is 0 Å². The maximum absolute atomic E-state index is 9.02. The second-order valence-corrected chi connectivity index (χ2v) is 5.50. The maximum Gasteiger partial charge on any atom is 0.143 e. The van der Waals surface area contributed by atoms with Crippen molar-refractivity contribution in [2.75, 3.05) is 36.8 Å². The number of rotatable bonds is 8. The van der Waals surface area contributed by atoms with E-state index in [9.17, 15) is 0 Å². The zero-order valence-electron chi connectivity index (χ0n) is 13.9. The van der Waals surface area contributed by atoms with Gasteiger partial charge in [0.05, 0.1) is 16.8 Å². The summed E-state index contributed by atoms with van der Waals surface area (Å²) in [4.78, 5) is 8.60. The number of pyridine rings is 2. The Morgan fingerprint density at radius 2 is 1.60 bits per heavy atom. The summed E-state index contributed by atoms with van der Waals surface area (Å²) in [6.07, 6.45) is 3.49. The quantitative estimate of drug-likeness (QED) is 0.550. The molecule has 126 valence electrons. The molecular weight excluding hydrogens is 312 g/mol. The second-order valence-electron chi connectivity index (χ2n) is 5.50. The van der Waals surface area contributed by atoms with Gasteiger partial charge in [-0.25, -0.2) is 4.98 Å². The number of hydrogen-bond acceptors (Lipinski definition) is 6. The summed E-state index contributed by atoms with van der Waals surface area (Å²) in [7, 11) is 0. The monoisotopic (exact) mass is 332 g/mol. The van der Waals surface area contributed by atoms with Crippen LogP contribution in [-0.4, -0.2) is 36.1 Å². The number of nitrogens with one attached hydrogen (secondary N) is 3. The second kappa shape index (κ2) is 8.62. The smallest absolute Gasteiger partial charge is 0.143 e. The molecule has 6 heteroatoms. The van der Waals surface area contributed by atoms with E-state index < -0.39 is 0 Å². The Bertz CT molecular complexity index is 866. The summed E-state index contributed by atoms with van der Waals surface area (Å²) >= 11 is 0. The standard InChI is InChI=1S/C19H20N6/c20-14-16-6-3-9-24-19(16)25-13-11-21-10-12-22-17-7-1-4-15-5-2-8-23-18(15)17/h1-9,21-22H,10-13H2,(H,24,25). The molecule has 0 spiro atoms. The van der Waals surface area contributed by atoms with Gasteiger partial charge in [0.1, 0.15) is 11.9 Å². The van der Waals surface area contributed by atoms with Crippen LogP contribution in [-0.2, 0) is 0 Å². The first-order valence-corrected chi connectivity index (χ1v) is 8.26. The molecule has 3 aromatic rings. The van der Waals surface area contributed by atoms with E-state index in [1.807, 2.05) is 24.4 Å². The van der Waals surface area contributed by atoms with E-state index in [0.717, 1.165) is 36.2 Å². The number of para-hydroxylation sites is 1. The Morgan fingerprint density at radius 1 is 0.840 bits per heavy atom. The largest absolute Gasteiger partial charge is 0.382 e. The fourth-order valence-electron chi connectivity index (χ4n) is 2.56. The van der Waals surface area contributed by atoms with Crippen LogP contribution in [0.4, 0.5) is 11.5 Å². The molecule has 0 aliphatic rings. The highest BCUT2D eigenvalue weighted by Crippen LogP contribution is 2.20. The van der Waals surface area contributed by atoms with Gasteiger partial charge in [0.25, 0.3) is 0 Å². The van der Waals surface area contributed by atoms with Crippen LogP contribution in [0.3, 0.4) is 0 Å². The molecule has 6 nitrogen and oxygen atoms in total. The molecule has 0 unspecified atom stereocenters. The Kier molecular flexibility index (Phi) is 5.75. The van der Waals surface area contributed by atoms with E-state index in [0.29, 0.717) is 17.9 Å². The Labute approximate surface area is 146 Å². The summed E-state index contributed by atoms with van der Waals surface area (Å²) in [6.45, 7) is 3.14. The average molecular weight is 332 g/mol. The number of aromatic nitrogens is 2. The lowest BCUT2D eigenvalue weighted by Gasteiger charge is -2.10. The van der Waals surface area contributed by atoms with Crippen molar-refractivity contribution < 1.29 is 0 Å². The Morgan fingerprint density at radius 3 is 2.48 bits per heavy atom. The topological polar surface area (TPSA) is 85.7 Å². The van der Waals surface area contributed by atoms with Gasteiger partial charge >= 0.3 is 0 Å². The first-order valence-electron chi connectivity index (χ1n) is 8.26. The van der Waals surface area contributed by atoms with Crippen molar-refractivity contribution in [2.24, 2.45) is 0 Å². The number of nitrogens with zero attached hydrogens (tertiary/aromatic N) is 3. The van der Waals surface area contributed by atoms with Crippen LogP contribution in [0.15, 0.2) is 54.9 Å². The number of fused-ring (bicyclic) bond motifs is 1. The van der Waals surface area contributed by atoms with Gasteiger partial charge in [0.2, 0.25) is 0 Å². The zero-order valence-corrected chi connectivity index (χ0v) is 13.9. The molecule has 0 fully saturated rings. The van der Waals surface area contributed by atoms with Gasteiger partial charge in [-0.3, -0.25) is 4.98 Å². The highest BCUT2D eigenvalue weighted by atomic mass is 15.0. The summed E-state index contributed by atoms with van der Waals surface area (Å²) in [6, 6.07) is 15.8. The number of benzene rings is 1. The number of anilines is 2. The van der Waals surface area contributed by atoms with E-state index in [2.05, 4.69) is 44.1 Å². The fourth-order valence-corrected chi connectivity index (χ4v) is 2.56. The Hall–Kier alpha value is -3.17. The van der Waals surface area contributed by atoms with Crippen LogP contribution in [0.5, 0.6) is 0 Å². The SMILES string of the molecule is N#Cc1cccnc1NCCNCCNc1cccc2cccnc12. The summed E-state index contributed by atoms with van der Waals surface area (Å²) in [5, 5.41) is 20.1. The molecule has 0 aliphatic carbocycles. The molecule has 3 N–H and O–H groups in total. The summed E-state index contributed by atoms with van der Waals surface area (Å²) in [5.41, 5.74) is 2.60. The zero-order chi connectivity index (χ0) is 17.3. The third-order valence-electron chi connectivity index (χ3n) is 3.77. The van der Waals surface area contributed by atoms with E-state index in [-0.39, 0.29) is 0 Å². The van der Waals surface area contributed by atoms with Gasteiger partial charge in [-0.1, -0.05) is 18.2 Å². The third kappa shape index (κ3) is 4.43. The van der Waals surface area contributed by atoms with Crippen LogP contribution in [0.1, 0.15) is 5.56 Å². The molecule has 1 aromatic carbocycles. The predicted octanol–water partition coefficient (Wildman–Crippen LogP) is 2.62. The summed E-state index contributed by atoms with van der Waals surface area (Å²) in [5.74, 6) is 0.631. The number of nitriles is 1. The molecular formula is C19H20N6. The minimum absolute atomic E-state index is 0.563. The van der Waals surface area contributed by atoms with Crippen molar-refractivity contribution in [1.29, 1.82) is 5.26 Å². The van der Waals surface area contributed by atoms with Gasteiger partial charge in [0.15, 0.2) is 0 Å². The van der Waals surface area contributed by atoms with Gasteiger partial charge < -0.3 is 16.0 Å². The molecule has 0 saturated heterocycles. The lowest BCUT2D eigenvalue weighted by atomic mass is 10.2. The van der Waals surface area contributed by atoms with E-state index in [1.54, 1.807) is 18.3 Å². The molecule has 0 aliphatic heterocycles. The van der Waals surface area contributed by atoms with Gasteiger partial charge in [-0.05, 0) is 24.3 Å². The molecule has 0 atom stereocenters. The normalized spacial score (nSPS) is 10.4. The molecule has 25 heavy (non-hydrogen) atoms. The average Bonchev–Trinajstić information content (AvgIpc) is 2.67. The molecule has 0 radical (unpaired) electrons. The predicted molar refractivity (Wildman–Crippen MR) is 101 cm³/mol. The molecule has 0 bridgehead atoms. The highest BCUT2D eigenvalue weighted by Gasteiger charge is 2.01. The molecule has 2 heterocycles. The van der Waals surface area contributed by atoms with Crippen LogP contribution in [0, 0.1) is 11.3 Å². The van der Waals surface area contributed by atoms with Crippen molar-refractivity contribution in [1.82, 2.24) is 15.3 Å². The van der Waals surface area contributed by atoms with Crippen molar-refractivity contribution in [3.63, 3.8) is 0 Å². The van der Waals surface area contributed by atoms with Crippen molar-refractivity contribution in [3.8, 4) is 6.07 Å².